The Bertz CT molecular complexity index is 657. The fraction of sp³-hybridized carbons (Fsp3) is 0.467. The molecule has 0 aromatic carbocycles. The van der Waals surface area contributed by atoms with Gasteiger partial charge in [-0.05, 0) is 44.0 Å². The van der Waals surface area contributed by atoms with Gasteiger partial charge in [-0.3, -0.25) is 14.1 Å². The second kappa shape index (κ2) is 7.02. The van der Waals surface area contributed by atoms with E-state index in [1.54, 1.807) is 16.7 Å². The van der Waals surface area contributed by atoms with Crippen molar-refractivity contribution < 1.29 is 0 Å². The van der Waals surface area contributed by atoms with Crippen molar-refractivity contribution >= 4 is 18.1 Å². The van der Waals surface area contributed by atoms with Gasteiger partial charge in [-0.1, -0.05) is 6.07 Å². The minimum Gasteiger partial charge on any atom is -0.330 e. The lowest BCUT2D eigenvalue weighted by Crippen LogP contribution is -2.38. The van der Waals surface area contributed by atoms with Gasteiger partial charge in [0.05, 0.1) is 5.69 Å². The van der Waals surface area contributed by atoms with Gasteiger partial charge in [-0.15, -0.1) is 12.4 Å². The second-order valence-corrected chi connectivity index (χ2v) is 5.49. The zero-order chi connectivity index (χ0) is 13.9. The van der Waals surface area contributed by atoms with Crippen molar-refractivity contribution in [3.05, 3.63) is 46.5 Å². The van der Waals surface area contributed by atoms with Crippen molar-refractivity contribution in [1.29, 1.82) is 0 Å². The van der Waals surface area contributed by atoms with Crippen LogP contribution >= 0.6 is 12.4 Å². The van der Waals surface area contributed by atoms with Gasteiger partial charge < -0.3 is 5.73 Å². The van der Waals surface area contributed by atoms with Crippen LogP contribution in [0.5, 0.6) is 0 Å². The molecule has 0 saturated carbocycles. The lowest BCUT2D eigenvalue weighted by atomic mass is 9.98. The quantitative estimate of drug-likeness (QED) is 0.928. The molecule has 0 bridgehead atoms. The molecule has 1 aliphatic heterocycles. The van der Waals surface area contributed by atoms with Gasteiger partial charge in [0, 0.05) is 25.4 Å². The van der Waals surface area contributed by atoms with E-state index in [0.29, 0.717) is 11.6 Å². The van der Waals surface area contributed by atoms with E-state index >= 15 is 0 Å². The first kappa shape index (κ1) is 15.9. The van der Waals surface area contributed by atoms with Crippen molar-refractivity contribution in [2.24, 2.45) is 11.7 Å². The van der Waals surface area contributed by atoms with Crippen molar-refractivity contribution in [2.45, 2.75) is 19.4 Å². The minimum absolute atomic E-state index is 0. The summed E-state index contributed by atoms with van der Waals surface area (Å²) in [5, 5.41) is 0. The molecule has 1 atom stereocenters. The van der Waals surface area contributed by atoms with E-state index in [9.17, 15) is 4.79 Å². The van der Waals surface area contributed by atoms with Crippen LogP contribution in [0.1, 0.15) is 18.5 Å². The summed E-state index contributed by atoms with van der Waals surface area (Å²) in [5.74, 6) is 0.574. The number of hydrogen-bond acceptors (Lipinski definition) is 4. The highest BCUT2D eigenvalue weighted by Gasteiger charge is 2.19. The van der Waals surface area contributed by atoms with E-state index in [0.717, 1.165) is 31.9 Å². The second-order valence-electron chi connectivity index (χ2n) is 5.49. The largest absolute Gasteiger partial charge is 0.330 e. The summed E-state index contributed by atoms with van der Waals surface area (Å²) in [6, 6.07) is 7.24. The molecule has 0 spiro atoms. The molecular weight excluding hydrogens is 288 g/mol. The molecule has 3 heterocycles. The van der Waals surface area contributed by atoms with Crippen molar-refractivity contribution in [3.63, 3.8) is 0 Å². The third-order valence-electron chi connectivity index (χ3n) is 3.95. The van der Waals surface area contributed by atoms with Crippen LogP contribution in [-0.2, 0) is 6.54 Å². The number of piperidine rings is 1. The van der Waals surface area contributed by atoms with E-state index in [2.05, 4.69) is 9.88 Å². The zero-order valence-corrected chi connectivity index (χ0v) is 12.8. The van der Waals surface area contributed by atoms with Gasteiger partial charge in [-0.2, -0.15) is 0 Å². The first-order valence-corrected chi connectivity index (χ1v) is 7.16. The molecule has 5 nitrogen and oxygen atoms in total. The van der Waals surface area contributed by atoms with Crippen LogP contribution in [0.2, 0.25) is 0 Å². The highest BCUT2D eigenvalue weighted by atomic mass is 35.5. The molecule has 2 aromatic heterocycles. The molecule has 0 aliphatic carbocycles. The summed E-state index contributed by atoms with van der Waals surface area (Å²) < 4.78 is 1.57. The summed E-state index contributed by atoms with van der Waals surface area (Å²) in [5.41, 5.74) is 7.30. The van der Waals surface area contributed by atoms with E-state index < -0.39 is 0 Å². The number of pyridine rings is 1. The number of likely N-dealkylation sites (tertiary alicyclic amines) is 1. The monoisotopic (exact) mass is 308 g/mol. The maximum absolute atomic E-state index is 12.0. The van der Waals surface area contributed by atoms with Crippen LogP contribution in [-0.4, -0.2) is 33.9 Å². The number of nitrogens with two attached hydrogens (primary N) is 1. The predicted octanol–water partition coefficient (Wildman–Crippen LogP) is 1.29. The van der Waals surface area contributed by atoms with Crippen LogP contribution in [0.3, 0.4) is 0 Å². The van der Waals surface area contributed by atoms with Crippen LogP contribution < -0.4 is 11.3 Å². The fourth-order valence-corrected chi connectivity index (χ4v) is 2.90. The maximum Gasteiger partial charge on any atom is 0.258 e. The SMILES string of the molecule is Cl.NCC1CCCN(Cc2cc(=O)n3ccccc3n2)C1. The summed E-state index contributed by atoms with van der Waals surface area (Å²) in [6.45, 7) is 3.54. The molecule has 114 valence electrons. The molecule has 3 rings (SSSR count). The normalized spacial score (nSPS) is 19.4. The minimum atomic E-state index is -0.0158. The number of rotatable bonds is 3. The Morgan fingerprint density at radius 2 is 2.24 bits per heavy atom. The Morgan fingerprint density at radius 3 is 3.05 bits per heavy atom. The van der Waals surface area contributed by atoms with Gasteiger partial charge in [0.15, 0.2) is 0 Å². The van der Waals surface area contributed by atoms with Gasteiger partial charge in [0.25, 0.3) is 5.56 Å². The molecule has 0 amide bonds. The van der Waals surface area contributed by atoms with Crippen molar-refractivity contribution in [1.82, 2.24) is 14.3 Å². The van der Waals surface area contributed by atoms with Gasteiger partial charge in [-0.25, -0.2) is 4.98 Å². The molecule has 21 heavy (non-hydrogen) atoms. The summed E-state index contributed by atoms with van der Waals surface area (Å²) >= 11 is 0. The van der Waals surface area contributed by atoms with Crippen LogP contribution in [0, 0.1) is 5.92 Å². The number of hydrogen-bond donors (Lipinski definition) is 1. The molecule has 1 unspecified atom stereocenters. The summed E-state index contributed by atoms with van der Waals surface area (Å²) in [6.07, 6.45) is 4.13. The number of fused-ring (bicyclic) bond motifs is 1. The van der Waals surface area contributed by atoms with Crippen LogP contribution in [0.25, 0.3) is 5.65 Å². The van der Waals surface area contributed by atoms with Crippen LogP contribution in [0.4, 0.5) is 0 Å². The lowest BCUT2D eigenvalue weighted by molar-refractivity contribution is 0.169. The number of nitrogens with zero attached hydrogens (tertiary/aromatic N) is 3. The van der Waals surface area contributed by atoms with Gasteiger partial charge in [0.2, 0.25) is 0 Å². The summed E-state index contributed by atoms with van der Waals surface area (Å²) in [7, 11) is 0. The Labute approximate surface area is 130 Å². The average molecular weight is 309 g/mol. The first-order valence-electron chi connectivity index (χ1n) is 7.16. The highest BCUT2D eigenvalue weighted by Crippen LogP contribution is 2.16. The molecule has 1 aliphatic rings. The Balaban J connectivity index is 0.00000161. The van der Waals surface area contributed by atoms with Gasteiger partial charge in [0.1, 0.15) is 5.65 Å². The Morgan fingerprint density at radius 1 is 1.38 bits per heavy atom. The number of halogens is 1. The number of aromatic nitrogens is 2. The third-order valence-corrected chi connectivity index (χ3v) is 3.95. The molecular formula is C15H21ClN4O. The molecule has 1 fully saturated rings. The lowest BCUT2D eigenvalue weighted by Gasteiger charge is -2.31. The highest BCUT2D eigenvalue weighted by molar-refractivity contribution is 5.85. The average Bonchev–Trinajstić information content (AvgIpc) is 2.47. The first-order chi connectivity index (χ1) is 9.76. The Kier molecular flexibility index (Phi) is 5.33. The standard InChI is InChI=1S/C15H20N4O.ClH/c16-9-12-4-3-6-18(10-12)11-13-8-15(20)19-7-2-1-5-14(19)17-13;/h1-2,5,7-8,12H,3-4,6,9-11,16H2;1H. The van der Waals surface area contributed by atoms with Crippen molar-refractivity contribution in [2.75, 3.05) is 19.6 Å². The molecule has 2 N–H and O–H groups in total. The predicted molar refractivity (Wildman–Crippen MR) is 85.8 cm³/mol. The molecule has 6 heteroatoms. The molecule has 2 aromatic rings. The Hall–Kier alpha value is -1.43. The van der Waals surface area contributed by atoms with E-state index in [4.69, 9.17) is 5.73 Å². The van der Waals surface area contributed by atoms with E-state index in [-0.39, 0.29) is 18.0 Å². The topological polar surface area (TPSA) is 63.6 Å². The van der Waals surface area contributed by atoms with E-state index in [1.807, 2.05) is 18.2 Å². The molecule has 1 saturated heterocycles. The van der Waals surface area contributed by atoms with Gasteiger partial charge >= 0.3 is 0 Å². The zero-order valence-electron chi connectivity index (χ0n) is 11.9. The third kappa shape index (κ3) is 3.61. The molecule has 0 radical (unpaired) electrons. The van der Waals surface area contributed by atoms with E-state index in [1.165, 1.54) is 12.8 Å². The van der Waals surface area contributed by atoms with Crippen molar-refractivity contribution in [3.8, 4) is 0 Å². The fourth-order valence-electron chi connectivity index (χ4n) is 2.90. The maximum atomic E-state index is 12.0. The summed E-state index contributed by atoms with van der Waals surface area (Å²) in [4.78, 5) is 19.0. The van der Waals surface area contributed by atoms with Crippen LogP contribution in [0.15, 0.2) is 35.3 Å². The smallest absolute Gasteiger partial charge is 0.258 e.